The zero-order valence-corrected chi connectivity index (χ0v) is 10.8. The molecule has 2 rings (SSSR count). The molecule has 1 aliphatic heterocycles. The quantitative estimate of drug-likeness (QED) is 0.790. The van der Waals surface area contributed by atoms with Gasteiger partial charge < -0.3 is 9.64 Å². The lowest BCUT2D eigenvalue weighted by molar-refractivity contribution is 0.0953. The van der Waals surface area contributed by atoms with E-state index in [1.165, 1.54) is 5.69 Å². The summed E-state index contributed by atoms with van der Waals surface area (Å²) in [6.07, 6.45) is 0. The molecular weight excluding hydrogens is 212 g/mol. The first-order valence-electron chi connectivity index (χ1n) is 6.34. The van der Waals surface area contributed by atoms with Gasteiger partial charge >= 0.3 is 0 Å². The van der Waals surface area contributed by atoms with Gasteiger partial charge in [0, 0.05) is 45.0 Å². The van der Waals surface area contributed by atoms with E-state index >= 15 is 0 Å². The van der Waals surface area contributed by atoms with Crippen LogP contribution in [0.5, 0.6) is 0 Å². The summed E-state index contributed by atoms with van der Waals surface area (Å²) < 4.78 is 5.21. The van der Waals surface area contributed by atoms with Crippen molar-refractivity contribution in [3.63, 3.8) is 0 Å². The maximum absolute atomic E-state index is 5.21. The highest BCUT2D eigenvalue weighted by Crippen LogP contribution is 2.16. The Bertz CT molecular complexity index is 320. The van der Waals surface area contributed by atoms with Gasteiger partial charge in [-0.05, 0) is 19.1 Å². The number of rotatable bonds is 4. The third kappa shape index (κ3) is 3.20. The van der Waals surface area contributed by atoms with Gasteiger partial charge in [-0.15, -0.1) is 0 Å². The van der Waals surface area contributed by atoms with E-state index in [1.54, 1.807) is 7.11 Å². The number of piperazine rings is 1. The molecule has 1 aromatic carbocycles. The molecule has 3 nitrogen and oxygen atoms in total. The van der Waals surface area contributed by atoms with Crippen molar-refractivity contribution in [1.82, 2.24) is 4.90 Å². The molecule has 1 heterocycles. The van der Waals surface area contributed by atoms with Gasteiger partial charge in [0.05, 0.1) is 6.61 Å². The molecule has 0 aromatic heterocycles. The zero-order chi connectivity index (χ0) is 12.1. The largest absolute Gasteiger partial charge is 0.383 e. The lowest BCUT2D eigenvalue weighted by atomic mass is 10.2. The van der Waals surface area contributed by atoms with Crippen molar-refractivity contribution in [1.29, 1.82) is 0 Å². The van der Waals surface area contributed by atoms with Crippen molar-refractivity contribution in [3.8, 4) is 0 Å². The maximum Gasteiger partial charge on any atom is 0.0615 e. The van der Waals surface area contributed by atoms with E-state index in [0.717, 1.165) is 32.8 Å². The van der Waals surface area contributed by atoms with Gasteiger partial charge in [-0.3, -0.25) is 4.90 Å². The molecular formula is C14H22N2O. The lowest BCUT2D eigenvalue weighted by Gasteiger charge is -2.38. The average molecular weight is 234 g/mol. The summed E-state index contributed by atoms with van der Waals surface area (Å²) in [7, 11) is 1.77. The molecule has 1 aliphatic rings. The Balaban J connectivity index is 1.86. The van der Waals surface area contributed by atoms with E-state index in [0.29, 0.717) is 6.04 Å². The average Bonchev–Trinajstić information content (AvgIpc) is 2.40. The van der Waals surface area contributed by atoms with Crippen molar-refractivity contribution in [3.05, 3.63) is 30.3 Å². The van der Waals surface area contributed by atoms with Gasteiger partial charge in [-0.1, -0.05) is 18.2 Å². The molecule has 1 saturated heterocycles. The van der Waals surface area contributed by atoms with E-state index in [4.69, 9.17) is 4.74 Å². The molecule has 0 amide bonds. The van der Waals surface area contributed by atoms with Crippen LogP contribution in [-0.4, -0.2) is 50.8 Å². The Hall–Kier alpha value is -1.06. The van der Waals surface area contributed by atoms with Crippen LogP contribution in [0, 0.1) is 0 Å². The molecule has 1 aromatic rings. The third-order valence-corrected chi connectivity index (χ3v) is 3.47. The molecule has 0 N–H and O–H groups in total. The Morgan fingerprint density at radius 2 is 1.76 bits per heavy atom. The summed E-state index contributed by atoms with van der Waals surface area (Å²) in [5.41, 5.74) is 1.34. The number of hydrogen-bond acceptors (Lipinski definition) is 3. The van der Waals surface area contributed by atoms with Crippen molar-refractivity contribution in [2.45, 2.75) is 13.0 Å². The van der Waals surface area contributed by atoms with Crippen LogP contribution in [0.1, 0.15) is 6.92 Å². The van der Waals surface area contributed by atoms with Gasteiger partial charge in [-0.25, -0.2) is 0 Å². The Kier molecular flexibility index (Phi) is 4.40. The van der Waals surface area contributed by atoms with E-state index < -0.39 is 0 Å². The van der Waals surface area contributed by atoms with E-state index in [2.05, 4.69) is 47.1 Å². The predicted octanol–water partition coefficient (Wildman–Crippen LogP) is 1.84. The van der Waals surface area contributed by atoms with Crippen LogP contribution in [0.4, 0.5) is 5.69 Å². The van der Waals surface area contributed by atoms with Crippen molar-refractivity contribution >= 4 is 5.69 Å². The molecule has 1 fully saturated rings. The number of ether oxygens (including phenoxy) is 1. The molecule has 94 valence electrons. The summed E-state index contributed by atoms with van der Waals surface area (Å²) in [4.78, 5) is 4.96. The van der Waals surface area contributed by atoms with Crippen LogP contribution in [0.15, 0.2) is 30.3 Å². The number of nitrogens with zero attached hydrogens (tertiary/aromatic N) is 2. The Morgan fingerprint density at radius 3 is 2.35 bits per heavy atom. The lowest BCUT2D eigenvalue weighted by Crippen LogP contribution is -2.50. The zero-order valence-electron chi connectivity index (χ0n) is 10.8. The highest BCUT2D eigenvalue weighted by Gasteiger charge is 2.20. The van der Waals surface area contributed by atoms with Gasteiger partial charge in [0.25, 0.3) is 0 Å². The second kappa shape index (κ2) is 6.03. The van der Waals surface area contributed by atoms with E-state index in [9.17, 15) is 0 Å². The van der Waals surface area contributed by atoms with Crippen LogP contribution >= 0.6 is 0 Å². The summed E-state index contributed by atoms with van der Waals surface area (Å²) in [5, 5.41) is 0. The first-order chi connectivity index (χ1) is 8.31. The standard InChI is InChI=1S/C14H22N2O/c1-13(12-17-2)15-8-10-16(11-9-15)14-6-4-3-5-7-14/h3-7,13H,8-12H2,1-2H3. The van der Waals surface area contributed by atoms with Crippen molar-refractivity contribution < 1.29 is 4.74 Å². The molecule has 17 heavy (non-hydrogen) atoms. The smallest absolute Gasteiger partial charge is 0.0615 e. The molecule has 1 unspecified atom stereocenters. The summed E-state index contributed by atoms with van der Waals surface area (Å²) in [6.45, 7) is 7.53. The van der Waals surface area contributed by atoms with E-state index in [1.807, 2.05) is 0 Å². The first kappa shape index (κ1) is 12.4. The van der Waals surface area contributed by atoms with Crippen LogP contribution in [0.3, 0.4) is 0 Å². The number of methoxy groups -OCH3 is 1. The fourth-order valence-corrected chi connectivity index (χ4v) is 2.41. The van der Waals surface area contributed by atoms with Gasteiger partial charge in [0.1, 0.15) is 0 Å². The van der Waals surface area contributed by atoms with Crippen molar-refractivity contribution in [2.75, 3.05) is 44.8 Å². The van der Waals surface area contributed by atoms with Gasteiger partial charge in [0.2, 0.25) is 0 Å². The monoisotopic (exact) mass is 234 g/mol. The topological polar surface area (TPSA) is 15.7 Å². The van der Waals surface area contributed by atoms with Crippen LogP contribution < -0.4 is 4.90 Å². The number of para-hydroxylation sites is 1. The molecule has 0 radical (unpaired) electrons. The molecule has 0 saturated carbocycles. The number of anilines is 1. The fraction of sp³-hybridized carbons (Fsp3) is 0.571. The minimum absolute atomic E-state index is 0.526. The van der Waals surface area contributed by atoms with Crippen LogP contribution in [0.25, 0.3) is 0 Å². The normalized spacial score (nSPS) is 19.3. The Labute approximate surface area is 104 Å². The molecule has 3 heteroatoms. The van der Waals surface area contributed by atoms with Crippen LogP contribution in [-0.2, 0) is 4.74 Å². The van der Waals surface area contributed by atoms with Crippen molar-refractivity contribution in [2.24, 2.45) is 0 Å². The second-order valence-electron chi connectivity index (χ2n) is 4.66. The minimum Gasteiger partial charge on any atom is -0.383 e. The summed E-state index contributed by atoms with van der Waals surface area (Å²) in [6, 6.07) is 11.2. The number of hydrogen-bond donors (Lipinski definition) is 0. The van der Waals surface area contributed by atoms with Gasteiger partial charge in [0.15, 0.2) is 0 Å². The highest BCUT2D eigenvalue weighted by atomic mass is 16.5. The fourth-order valence-electron chi connectivity index (χ4n) is 2.41. The number of benzene rings is 1. The maximum atomic E-state index is 5.21. The molecule has 0 spiro atoms. The molecule has 0 aliphatic carbocycles. The minimum atomic E-state index is 0.526. The summed E-state index contributed by atoms with van der Waals surface area (Å²) >= 11 is 0. The highest BCUT2D eigenvalue weighted by molar-refractivity contribution is 5.46. The second-order valence-corrected chi connectivity index (χ2v) is 4.66. The first-order valence-corrected chi connectivity index (χ1v) is 6.34. The van der Waals surface area contributed by atoms with Gasteiger partial charge in [-0.2, -0.15) is 0 Å². The predicted molar refractivity (Wildman–Crippen MR) is 71.6 cm³/mol. The summed E-state index contributed by atoms with van der Waals surface area (Å²) in [5.74, 6) is 0. The van der Waals surface area contributed by atoms with Crippen LogP contribution in [0.2, 0.25) is 0 Å². The molecule has 1 atom stereocenters. The van der Waals surface area contributed by atoms with E-state index in [-0.39, 0.29) is 0 Å². The SMILES string of the molecule is COCC(C)N1CCN(c2ccccc2)CC1. The Morgan fingerprint density at radius 1 is 1.12 bits per heavy atom. The molecule has 0 bridgehead atoms. The third-order valence-electron chi connectivity index (χ3n) is 3.47.